The predicted molar refractivity (Wildman–Crippen MR) is 120 cm³/mol. The highest BCUT2D eigenvalue weighted by Gasteiger charge is 2.23. The summed E-state index contributed by atoms with van der Waals surface area (Å²) in [7, 11) is -3.74. The number of benzene rings is 1. The molecule has 0 aliphatic heterocycles. The minimum Gasteiger partial charge on any atom is -0.452 e. The molecule has 11 heteroatoms. The molecule has 0 aliphatic rings. The molecule has 33 heavy (non-hydrogen) atoms. The Balaban J connectivity index is 1.53. The summed E-state index contributed by atoms with van der Waals surface area (Å²) in [5.74, 6) is -0.552. The van der Waals surface area contributed by atoms with Gasteiger partial charge in [0, 0.05) is 12.7 Å². The Bertz CT molecular complexity index is 1220. The van der Waals surface area contributed by atoms with Gasteiger partial charge >= 0.3 is 5.97 Å². The second-order valence-electron chi connectivity index (χ2n) is 7.56. The molecule has 3 aromatic rings. The van der Waals surface area contributed by atoms with Gasteiger partial charge in [0.05, 0.1) is 16.8 Å². The van der Waals surface area contributed by atoms with Crippen LogP contribution < -0.4 is 10.5 Å². The van der Waals surface area contributed by atoms with Crippen LogP contribution in [0.25, 0.3) is 5.82 Å². The number of esters is 1. The Morgan fingerprint density at radius 2 is 1.88 bits per heavy atom. The van der Waals surface area contributed by atoms with E-state index < -0.39 is 28.5 Å². The van der Waals surface area contributed by atoms with Gasteiger partial charge < -0.3 is 10.1 Å². The Hall–Kier alpha value is -3.57. The van der Waals surface area contributed by atoms with E-state index in [-0.39, 0.29) is 16.4 Å². The van der Waals surface area contributed by atoms with Crippen molar-refractivity contribution in [3.63, 3.8) is 0 Å². The van der Waals surface area contributed by atoms with Crippen LogP contribution in [0, 0.1) is 0 Å². The molecule has 0 radical (unpaired) electrons. The number of aromatic nitrogens is 3. The zero-order valence-electron chi connectivity index (χ0n) is 18.3. The number of nitrogens with one attached hydrogen (secondary N) is 1. The van der Waals surface area contributed by atoms with Gasteiger partial charge in [-0.1, -0.05) is 32.0 Å². The molecule has 0 fully saturated rings. The molecule has 1 aromatic carbocycles. The SMILES string of the molecule is CC(C)c1c(C(=O)OCC(=O)NCCc2ccc(S(N)(=O)=O)cc2)cnn1-c1ccccn1. The first kappa shape index (κ1) is 24.1. The molecule has 3 rings (SSSR count). The number of nitrogens with two attached hydrogens (primary N) is 1. The number of primary sulfonamides is 1. The number of ether oxygens (including phenoxy) is 1. The van der Waals surface area contributed by atoms with Crippen LogP contribution in [0.15, 0.2) is 59.8 Å². The fraction of sp³-hybridized carbons (Fsp3) is 0.273. The van der Waals surface area contributed by atoms with Crippen molar-refractivity contribution in [2.24, 2.45) is 5.14 Å². The molecule has 0 unspecified atom stereocenters. The third-order valence-electron chi connectivity index (χ3n) is 4.76. The average Bonchev–Trinajstić information content (AvgIpc) is 3.23. The molecule has 0 aliphatic carbocycles. The summed E-state index contributed by atoms with van der Waals surface area (Å²) in [5, 5.41) is 12.0. The average molecular weight is 472 g/mol. The van der Waals surface area contributed by atoms with Crippen LogP contribution in [0.3, 0.4) is 0 Å². The molecule has 0 spiro atoms. The summed E-state index contributed by atoms with van der Waals surface area (Å²) in [6.07, 6.45) is 3.52. The van der Waals surface area contributed by atoms with Crippen LogP contribution in [0.2, 0.25) is 0 Å². The van der Waals surface area contributed by atoms with E-state index in [1.807, 2.05) is 19.9 Å². The maximum atomic E-state index is 12.6. The van der Waals surface area contributed by atoms with Gasteiger partial charge in [0.25, 0.3) is 5.91 Å². The first-order valence-electron chi connectivity index (χ1n) is 10.2. The maximum absolute atomic E-state index is 12.6. The first-order chi connectivity index (χ1) is 15.7. The lowest BCUT2D eigenvalue weighted by Crippen LogP contribution is -2.30. The number of hydrogen-bond donors (Lipinski definition) is 2. The van der Waals surface area contributed by atoms with Gasteiger partial charge in [-0.05, 0) is 42.2 Å². The van der Waals surface area contributed by atoms with E-state index >= 15 is 0 Å². The third-order valence-corrected chi connectivity index (χ3v) is 5.69. The normalized spacial score (nSPS) is 11.4. The van der Waals surface area contributed by atoms with Gasteiger partial charge in [0.1, 0.15) is 5.56 Å². The number of pyridine rings is 1. The smallest absolute Gasteiger partial charge is 0.342 e. The summed E-state index contributed by atoms with van der Waals surface area (Å²) in [6, 6.07) is 11.5. The Morgan fingerprint density at radius 3 is 2.48 bits per heavy atom. The van der Waals surface area contributed by atoms with Crippen LogP contribution >= 0.6 is 0 Å². The van der Waals surface area contributed by atoms with E-state index in [2.05, 4.69) is 15.4 Å². The first-order valence-corrected chi connectivity index (χ1v) is 11.8. The predicted octanol–water partition coefficient (Wildman–Crippen LogP) is 1.55. The Labute approximate surface area is 191 Å². The van der Waals surface area contributed by atoms with E-state index in [1.165, 1.54) is 18.3 Å². The lowest BCUT2D eigenvalue weighted by Gasteiger charge is -2.12. The molecule has 2 aromatic heterocycles. The van der Waals surface area contributed by atoms with E-state index in [0.29, 0.717) is 24.5 Å². The van der Waals surface area contributed by atoms with Crippen molar-refractivity contribution in [1.29, 1.82) is 0 Å². The molecule has 1 amide bonds. The van der Waals surface area contributed by atoms with Crippen molar-refractivity contribution in [3.05, 3.63) is 71.7 Å². The molecule has 3 N–H and O–H groups in total. The highest BCUT2D eigenvalue weighted by Crippen LogP contribution is 2.22. The van der Waals surface area contributed by atoms with Crippen LogP contribution in [0.4, 0.5) is 0 Å². The van der Waals surface area contributed by atoms with Crippen molar-refractivity contribution < 1.29 is 22.7 Å². The number of amides is 1. The zero-order chi connectivity index (χ0) is 24.0. The topological polar surface area (TPSA) is 146 Å². The van der Waals surface area contributed by atoms with Gasteiger partial charge in [-0.3, -0.25) is 4.79 Å². The molecular weight excluding hydrogens is 446 g/mol. The monoisotopic (exact) mass is 471 g/mol. The lowest BCUT2D eigenvalue weighted by molar-refractivity contribution is -0.124. The molecule has 0 saturated heterocycles. The fourth-order valence-electron chi connectivity index (χ4n) is 3.18. The molecule has 0 atom stereocenters. The number of sulfonamides is 1. The highest BCUT2D eigenvalue weighted by atomic mass is 32.2. The summed E-state index contributed by atoms with van der Waals surface area (Å²) in [5.41, 5.74) is 1.74. The number of nitrogens with zero attached hydrogens (tertiary/aromatic N) is 3. The molecular formula is C22H25N5O5S. The number of hydrogen-bond acceptors (Lipinski definition) is 7. The standard InChI is InChI=1S/C22H25N5O5S/c1-15(2)21-18(13-26-27(21)19-5-3-4-11-24-19)22(29)32-14-20(28)25-12-10-16-6-8-17(9-7-16)33(23,30)31/h3-9,11,13,15H,10,12,14H2,1-2H3,(H,25,28)(H2,23,30,31). The summed E-state index contributed by atoms with van der Waals surface area (Å²) < 4.78 is 29.3. The Kier molecular flexibility index (Phi) is 7.56. The molecule has 10 nitrogen and oxygen atoms in total. The van der Waals surface area contributed by atoms with Gasteiger partial charge in [-0.25, -0.2) is 28.0 Å². The number of carbonyl (C=O) groups excluding carboxylic acids is 2. The van der Waals surface area contributed by atoms with Crippen molar-refractivity contribution >= 4 is 21.9 Å². The van der Waals surface area contributed by atoms with Gasteiger partial charge in [-0.2, -0.15) is 5.10 Å². The zero-order valence-corrected chi connectivity index (χ0v) is 19.1. The van der Waals surface area contributed by atoms with Crippen molar-refractivity contribution in [1.82, 2.24) is 20.1 Å². The molecule has 0 bridgehead atoms. The number of rotatable bonds is 9. The van der Waals surface area contributed by atoms with E-state index in [9.17, 15) is 18.0 Å². The number of carbonyl (C=O) groups is 2. The van der Waals surface area contributed by atoms with E-state index in [1.54, 1.807) is 35.1 Å². The summed E-state index contributed by atoms with van der Waals surface area (Å²) >= 11 is 0. The Morgan fingerprint density at radius 1 is 1.15 bits per heavy atom. The van der Waals surface area contributed by atoms with E-state index in [0.717, 1.165) is 5.56 Å². The molecule has 174 valence electrons. The van der Waals surface area contributed by atoms with Gasteiger partial charge in [-0.15, -0.1) is 0 Å². The second-order valence-corrected chi connectivity index (χ2v) is 9.12. The largest absolute Gasteiger partial charge is 0.452 e. The van der Waals surface area contributed by atoms with Gasteiger partial charge in [0.2, 0.25) is 10.0 Å². The van der Waals surface area contributed by atoms with Crippen LogP contribution in [0.5, 0.6) is 0 Å². The van der Waals surface area contributed by atoms with Crippen LogP contribution in [-0.2, 0) is 26.0 Å². The van der Waals surface area contributed by atoms with Gasteiger partial charge in [0.15, 0.2) is 12.4 Å². The minimum absolute atomic E-state index is 0.0225. The van der Waals surface area contributed by atoms with E-state index in [4.69, 9.17) is 9.88 Å². The summed E-state index contributed by atoms with van der Waals surface area (Å²) in [6.45, 7) is 3.71. The third kappa shape index (κ3) is 6.24. The van der Waals surface area contributed by atoms with Crippen molar-refractivity contribution in [3.8, 4) is 5.82 Å². The van der Waals surface area contributed by atoms with Crippen molar-refractivity contribution in [2.75, 3.05) is 13.2 Å². The van der Waals surface area contributed by atoms with Crippen LogP contribution in [-0.4, -0.2) is 48.2 Å². The summed E-state index contributed by atoms with van der Waals surface area (Å²) in [4.78, 5) is 29.0. The van der Waals surface area contributed by atoms with Crippen LogP contribution in [0.1, 0.15) is 41.4 Å². The second kappa shape index (κ2) is 10.4. The molecule has 2 heterocycles. The van der Waals surface area contributed by atoms with Crippen molar-refractivity contribution in [2.45, 2.75) is 31.1 Å². The highest BCUT2D eigenvalue weighted by molar-refractivity contribution is 7.89. The molecule has 0 saturated carbocycles. The fourth-order valence-corrected chi connectivity index (χ4v) is 3.70. The maximum Gasteiger partial charge on any atom is 0.342 e. The minimum atomic E-state index is -3.74. The lowest BCUT2D eigenvalue weighted by atomic mass is 10.1. The quantitative estimate of drug-likeness (QED) is 0.450.